The third-order valence-corrected chi connectivity index (χ3v) is 6.65. The second kappa shape index (κ2) is 5.82. The minimum atomic E-state index is -3.07. The van der Waals surface area contributed by atoms with Crippen molar-refractivity contribution in [2.24, 2.45) is 5.41 Å². The van der Waals surface area contributed by atoms with E-state index in [0.29, 0.717) is 26.1 Å². The zero-order chi connectivity index (χ0) is 16.7. The molecule has 23 heavy (non-hydrogen) atoms. The molecule has 1 aliphatic carbocycles. The monoisotopic (exact) mass is 336 g/mol. The van der Waals surface area contributed by atoms with Crippen LogP contribution in [0.4, 0.5) is 4.79 Å². The maximum Gasteiger partial charge on any atom is 0.317 e. The van der Waals surface area contributed by atoms with E-state index in [1.165, 1.54) is 17.4 Å². The van der Waals surface area contributed by atoms with E-state index in [4.69, 9.17) is 0 Å². The van der Waals surface area contributed by atoms with E-state index in [1.54, 1.807) is 4.90 Å². The van der Waals surface area contributed by atoms with Gasteiger partial charge in [-0.2, -0.15) is 0 Å². The van der Waals surface area contributed by atoms with Crippen LogP contribution in [0.15, 0.2) is 24.3 Å². The van der Waals surface area contributed by atoms with Crippen molar-refractivity contribution in [3.8, 4) is 0 Å². The molecule has 1 heterocycles. The molecule has 1 atom stereocenters. The fourth-order valence-electron chi connectivity index (χ4n) is 3.67. The van der Waals surface area contributed by atoms with Gasteiger partial charge < -0.3 is 10.2 Å². The lowest BCUT2D eigenvalue weighted by Gasteiger charge is -2.26. The molecule has 1 aromatic rings. The van der Waals surface area contributed by atoms with Gasteiger partial charge in [0.15, 0.2) is 9.84 Å². The van der Waals surface area contributed by atoms with E-state index >= 15 is 0 Å². The standard InChI is InChI=1S/C17H24N2O3S/c1-17(9-13-5-3-4-6-14(13)10-17)12-18-16(20)19-8-7-15(11-19)23(2,21)22/h3-6,15H,7-12H2,1-2H3,(H,18,20)/t15-/m0/s1. The summed E-state index contributed by atoms with van der Waals surface area (Å²) >= 11 is 0. The Balaban J connectivity index is 1.55. The van der Waals surface area contributed by atoms with E-state index in [9.17, 15) is 13.2 Å². The van der Waals surface area contributed by atoms with Gasteiger partial charge in [-0.3, -0.25) is 0 Å². The molecule has 2 aliphatic rings. The summed E-state index contributed by atoms with van der Waals surface area (Å²) in [5.41, 5.74) is 2.76. The molecule has 0 saturated carbocycles. The molecule has 5 nitrogen and oxygen atoms in total. The fourth-order valence-corrected chi connectivity index (χ4v) is 4.66. The van der Waals surface area contributed by atoms with Gasteiger partial charge >= 0.3 is 6.03 Å². The Labute approximate surface area is 138 Å². The molecule has 0 radical (unpaired) electrons. The summed E-state index contributed by atoms with van der Waals surface area (Å²) in [6, 6.07) is 8.27. The third kappa shape index (κ3) is 3.52. The van der Waals surface area contributed by atoms with Crippen LogP contribution in [0.1, 0.15) is 24.5 Å². The van der Waals surface area contributed by atoms with Crippen LogP contribution in [-0.4, -0.2) is 50.5 Å². The number of nitrogens with one attached hydrogen (secondary N) is 1. The summed E-state index contributed by atoms with van der Waals surface area (Å²) in [7, 11) is -3.07. The molecule has 3 rings (SSSR count). The number of nitrogens with zero attached hydrogens (tertiary/aromatic N) is 1. The van der Waals surface area contributed by atoms with Gasteiger partial charge in [0.25, 0.3) is 0 Å². The highest BCUT2D eigenvalue weighted by molar-refractivity contribution is 7.91. The number of carbonyl (C=O) groups is 1. The Hall–Kier alpha value is -1.56. The zero-order valence-electron chi connectivity index (χ0n) is 13.7. The fraction of sp³-hybridized carbons (Fsp3) is 0.588. The molecule has 0 bridgehead atoms. The number of urea groups is 1. The van der Waals surface area contributed by atoms with E-state index in [2.05, 4.69) is 36.5 Å². The van der Waals surface area contributed by atoms with Crippen LogP contribution in [-0.2, 0) is 22.7 Å². The smallest absolute Gasteiger partial charge is 0.317 e. The number of fused-ring (bicyclic) bond motifs is 1. The van der Waals surface area contributed by atoms with Gasteiger partial charge in [-0.1, -0.05) is 31.2 Å². The van der Waals surface area contributed by atoms with Crippen LogP contribution < -0.4 is 5.32 Å². The maximum atomic E-state index is 12.3. The normalized spacial score (nSPS) is 22.9. The van der Waals surface area contributed by atoms with Crippen molar-refractivity contribution in [3.63, 3.8) is 0 Å². The number of sulfone groups is 1. The molecular formula is C17H24N2O3S. The third-order valence-electron chi connectivity index (χ3n) is 5.06. The van der Waals surface area contributed by atoms with Crippen LogP contribution in [0.5, 0.6) is 0 Å². The minimum Gasteiger partial charge on any atom is -0.337 e. The van der Waals surface area contributed by atoms with E-state index in [-0.39, 0.29) is 11.4 Å². The predicted octanol–water partition coefficient (Wildman–Crippen LogP) is 1.62. The van der Waals surface area contributed by atoms with Gasteiger partial charge in [-0.05, 0) is 35.8 Å². The second-order valence-electron chi connectivity index (χ2n) is 7.28. The van der Waals surface area contributed by atoms with E-state index in [0.717, 1.165) is 12.8 Å². The molecule has 1 aliphatic heterocycles. The Morgan fingerprint density at radius 3 is 2.43 bits per heavy atom. The molecule has 1 fully saturated rings. The quantitative estimate of drug-likeness (QED) is 0.912. The highest BCUT2D eigenvalue weighted by Gasteiger charge is 2.35. The van der Waals surface area contributed by atoms with Crippen LogP contribution in [0.25, 0.3) is 0 Å². The molecule has 0 unspecified atom stereocenters. The van der Waals surface area contributed by atoms with Gasteiger partial charge in [0, 0.05) is 25.9 Å². The maximum absolute atomic E-state index is 12.3. The van der Waals surface area contributed by atoms with Crippen molar-refractivity contribution >= 4 is 15.9 Å². The van der Waals surface area contributed by atoms with Crippen LogP contribution in [0.2, 0.25) is 0 Å². The number of hydrogen-bond donors (Lipinski definition) is 1. The minimum absolute atomic E-state index is 0.0370. The first-order valence-corrected chi connectivity index (χ1v) is 10.0. The topological polar surface area (TPSA) is 66.5 Å². The number of hydrogen-bond acceptors (Lipinski definition) is 3. The molecule has 6 heteroatoms. The van der Waals surface area contributed by atoms with Gasteiger partial charge in [0.05, 0.1) is 5.25 Å². The molecule has 0 aromatic heterocycles. The Bertz CT molecular complexity index is 689. The summed E-state index contributed by atoms with van der Waals surface area (Å²) in [6.07, 6.45) is 3.72. The van der Waals surface area contributed by atoms with Crippen LogP contribution >= 0.6 is 0 Å². The summed E-state index contributed by atoms with van der Waals surface area (Å²) < 4.78 is 23.2. The summed E-state index contributed by atoms with van der Waals surface area (Å²) in [4.78, 5) is 13.9. The molecule has 1 aromatic carbocycles. The highest BCUT2D eigenvalue weighted by Crippen LogP contribution is 2.36. The zero-order valence-corrected chi connectivity index (χ0v) is 14.5. The van der Waals surface area contributed by atoms with Crippen molar-refractivity contribution in [2.75, 3.05) is 25.9 Å². The molecule has 1 saturated heterocycles. The Kier molecular flexibility index (Phi) is 4.12. The SMILES string of the molecule is CC1(CNC(=O)N2CC[C@H](S(C)(=O)=O)C2)Cc2ccccc2C1. The lowest BCUT2D eigenvalue weighted by molar-refractivity contribution is 0.201. The summed E-state index contributed by atoms with van der Waals surface area (Å²) in [5, 5.41) is 2.59. The molecular weight excluding hydrogens is 312 g/mol. The second-order valence-corrected chi connectivity index (χ2v) is 9.60. The Morgan fingerprint density at radius 2 is 1.91 bits per heavy atom. The first-order chi connectivity index (χ1) is 10.8. The number of carbonyl (C=O) groups excluding carboxylic acids is 1. The average Bonchev–Trinajstić information content (AvgIpc) is 3.08. The summed E-state index contributed by atoms with van der Waals surface area (Å²) in [6.45, 7) is 3.62. The average molecular weight is 336 g/mol. The van der Waals surface area contributed by atoms with Crippen LogP contribution in [0, 0.1) is 5.41 Å². The van der Waals surface area contributed by atoms with Gasteiger partial charge in [0.2, 0.25) is 0 Å². The molecule has 1 N–H and O–H groups in total. The van der Waals surface area contributed by atoms with Crippen molar-refractivity contribution in [2.45, 2.75) is 31.4 Å². The number of rotatable bonds is 3. The molecule has 2 amide bonds. The van der Waals surface area contributed by atoms with E-state index in [1.807, 2.05) is 0 Å². The van der Waals surface area contributed by atoms with Crippen LogP contribution in [0.3, 0.4) is 0 Å². The lowest BCUT2D eigenvalue weighted by Crippen LogP contribution is -2.44. The Morgan fingerprint density at radius 1 is 1.30 bits per heavy atom. The van der Waals surface area contributed by atoms with Crippen molar-refractivity contribution in [3.05, 3.63) is 35.4 Å². The number of likely N-dealkylation sites (tertiary alicyclic amines) is 1. The van der Waals surface area contributed by atoms with E-state index < -0.39 is 15.1 Å². The van der Waals surface area contributed by atoms with Gasteiger partial charge in [0.1, 0.15) is 0 Å². The predicted molar refractivity (Wildman–Crippen MR) is 90.2 cm³/mol. The molecule has 126 valence electrons. The largest absolute Gasteiger partial charge is 0.337 e. The van der Waals surface area contributed by atoms with Gasteiger partial charge in [-0.25, -0.2) is 13.2 Å². The number of benzene rings is 1. The summed E-state index contributed by atoms with van der Waals surface area (Å²) in [5.74, 6) is 0. The molecule has 0 spiro atoms. The van der Waals surface area contributed by atoms with Crippen molar-refractivity contribution in [1.29, 1.82) is 0 Å². The first kappa shape index (κ1) is 16.3. The van der Waals surface area contributed by atoms with Crippen molar-refractivity contribution in [1.82, 2.24) is 10.2 Å². The van der Waals surface area contributed by atoms with Crippen molar-refractivity contribution < 1.29 is 13.2 Å². The first-order valence-electron chi connectivity index (χ1n) is 8.05. The van der Waals surface area contributed by atoms with Gasteiger partial charge in [-0.15, -0.1) is 0 Å². The number of amides is 2. The lowest BCUT2D eigenvalue weighted by atomic mass is 9.87. The highest BCUT2D eigenvalue weighted by atomic mass is 32.2.